The molecule has 0 aliphatic carbocycles. The van der Waals surface area contributed by atoms with Crippen LogP contribution in [0, 0.1) is 0 Å². The minimum atomic E-state index is -0.910. The molecule has 2 rings (SSSR count). The van der Waals surface area contributed by atoms with Gasteiger partial charge in [0.2, 0.25) is 0 Å². The highest BCUT2D eigenvalue weighted by molar-refractivity contribution is 6.02. The van der Waals surface area contributed by atoms with Crippen LogP contribution in [-0.2, 0) is 16.6 Å². The monoisotopic (exact) mass is 364 g/mol. The van der Waals surface area contributed by atoms with Gasteiger partial charge in [-0.3, -0.25) is 19.0 Å². The molecular weight excluding hydrogens is 344 g/mol. The maximum Gasteiger partial charge on any atom is 0.325 e. The van der Waals surface area contributed by atoms with Crippen molar-refractivity contribution in [2.75, 3.05) is 13.7 Å². The zero-order chi connectivity index (χ0) is 19.6. The normalized spacial score (nSPS) is 11.3. The molecule has 10 heteroatoms. The van der Waals surface area contributed by atoms with Crippen LogP contribution in [0.15, 0.2) is 11.0 Å². The molecule has 0 spiro atoms. The summed E-state index contributed by atoms with van der Waals surface area (Å²) in [6.07, 6.45) is 1.24. The number of methoxy groups -OCH3 is 1. The number of esters is 1. The predicted octanol–water partition coefficient (Wildman–Crippen LogP) is 0.114. The van der Waals surface area contributed by atoms with Crippen molar-refractivity contribution in [2.24, 2.45) is 7.05 Å². The summed E-state index contributed by atoms with van der Waals surface area (Å²) < 4.78 is 11.0. The number of ether oxygens (including phenoxy) is 2. The van der Waals surface area contributed by atoms with Gasteiger partial charge in [-0.2, -0.15) is 4.98 Å². The van der Waals surface area contributed by atoms with E-state index < -0.39 is 40.9 Å². The maximum atomic E-state index is 12.4. The van der Waals surface area contributed by atoms with Crippen molar-refractivity contribution in [3.8, 4) is 11.8 Å². The fourth-order valence-corrected chi connectivity index (χ4v) is 2.20. The van der Waals surface area contributed by atoms with Gasteiger partial charge in [-0.05, 0) is 20.8 Å². The lowest BCUT2D eigenvalue weighted by molar-refractivity contribution is -0.153. The number of aromatic hydroxyl groups is 1. The average Bonchev–Trinajstić information content (AvgIpc) is 2.56. The van der Waals surface area contributed by atoms with Crippen LogP contribution in [0.25, 0.3) is 11.0 Å². The standard InChI is InChI=1S/C16H20N4O6/c1-16(2,3)26-9(21)7-17-13(23)10-11(22)8-6-18-15(25-5)19-12(8)20(4)14(10)24/h6,22H,7H2,1-5H3,(H,17,23). The minimum absolute atomic E-state index is 0.00836. The molecule has 0 saturated heterocycles. The highest BCUT2D eigenvalue weighted by atomic mass is 16.6. The second-order valence-electron chi connectivity index (χ2n) is 6.45. The lowest BCUT2D eigenvalue weighted by Gasteiger charge is -2.19. The predicted molar refractivity (Wildman–Crippen MR) is 91.2 cm³/mol. The third kappa shape index (κ3) is 3.90. The van der Waals surface area contributed by atoms with E-state index in [1.54, 1.807) is 20.8 Å². The molecule has 2 aromatic rings. The summed E-state index contributed by atoms with van der Waals surface area (Å²) in [6.45, 7) is 4.61. The fourth-order valence-electron chi connectivity index (χ4n) is 2.20. The Morgan fingerprint density at radius 3 is 2.58 bits per heavy atom. The van der Waals surface area contributed by atoms with E-state index in [2.05, 4.69) is 15.3 Å². The molecule has 0 radical (unpaired) electrons. The van der Waals surface area contributed by atoms with Crippen LogP contribution in [0.1, 0.15) is 31.1 Å². The number of nitrogens with one attached hydrogen (secondary N) is 1. The molecular formula is C16H20N4O6. The molecule has 26 heavy (non-hydrogen) atoms. The molecule has 140 valence electrons. The van der Waals surface area contributed by atoms with Gasteiger partial charge in [0.15, 0.2) is 5.65 Å². The highest BCUT2D eigenvalue weighted by Gasteiger charge is 2.24. The smallest absolute Gasteiger partial charge is 0.325 e. The molecule has 0 bridgehead atoms. The summed E-state index contributed by atoms with van der Waals surface area (Å²) in [7, 11) is 2.75. The third-order valence-electron chi connectivity index (χ3n) is 3.30. The Morgan fingerprint density at radius 1 is 1.35 bits per heavy atom. The third-order valence-corrected chi connectivity index (χ3v) is 3.30. The Labute approximate surface area is 148 Å². The zero-order valence-corrected chi connectivity index (χ0v) is 15.1. The number of nitrogens with zero attached hydrogens (tertiary/aromatic N) is 3. The van der Waals surface area contributed by atoms with Crippen LogP contribution in [0.2, 0.25) is 0 Å². The first-order chi connectivity index (χ1) is 12.0. The Morgan fingerprint density at radius 2 is 2.00 bits per heavy atom. The number of carbonyl (C=O) groups excluding carboxylic acids is 2. The molecule has 0 atom stereocenters. The van der Waals surface area contributed by atoms with Crippen LogP contribution in [-0.4, -0.2) is 50.8 Å². The minimum Gasteiger partial charge on any atom is -0.506 e. The van der Waals surface area contributed by atoms with Gasteiger partial charge < -0.3 is 19.9 Å². The molecule has 0 saturated carbocycles. The molecule has 2 heterocycles. The summed E-state index contributed by atoms with van der Waals surface area (Å²) in [5.41, 5.74) is -1.91. The van der Waals surface area contributed by atoms with Gasteiger partial charge in [-0.1, -0.05) is 0 Å². The lowest BCUT2D eigenvalue weighted by atomic mass is 10.1. The number of amides is 1. The number of aryl methyl sites for hydroxylation is 1. The first-order valence-electron chi connectivity index (χ1n) is 7.68. The van der Waals surface area contributed by atoms with Crippen molar-refractivity contribution < 1.29 is 24.2 Å². The van der Waals surface area contributed by atoms with Crippen molar-refractivity contribution >= 4 is 22.9 Å². The largest absolute Gasteiger partial charge is 0.506 e. The van der Waals surface area contributed by atoms with E-state index in [1.165, 1.54) is 20.4 Å². The second-order valence-corrected chi connectivity index (χ2v) is 6.45. The number of hydrogen-bond acceptors (Lipinski definition) is 8. The van der Waals surface area contributed by atoms with Gasteiger partial charge in [0.05, 0.1) is 12.5 Å². The molecule has 1 amide bonds. The van der Waals surface area contributed by atoms with Crippen molar-refractivity contribution in [3.63, 3.8) is 0 Å². The van der Waals surface area contributed by atoms with E-state index in [4.69, 9.17) is 9.47 Å². The first kappa shape index (κ1) is 19.2. The molecule has 0 fully saturated rings. The van der Waals surface area contributed by atoms with Gasteiger partial charge in [0, 0.05) is 13.2 Å². The molecule has 10 nitrogen and oxygen atoms in total. The molecule has 2 N–H and O–H groups in total. The number of hydrogen-bond donors (Lipinski definition) is 2. The van der Waals surface area contributed by atoms with E-state index in [-0.39, 0.29) is 17.0 Å². The summed E-state index contributed by atoms with van der Waals surface area (Å²) in [5.74, 6) is -2.16. The van der Waals surface area contributed by atoms with Crippen molar-refractivity contribution in [1.29, 1.82) is 0 Å². The zero-order valence-electron chi connectivity index (χ0n) is 15.1. The van der Waals surface area contributed by atoms with E-state index in [9.17, 15) is 19.5 Å². The van der Waals surface area contributed by atoms with Gasteiger partial charge in [-0.25, -0.2) is 4.98 Å². The van der Waals surface area contributed by atoms with Crippen LogP contribution in [0.5, 0.6) is 11.8 Å². The summed E-state index contributed by atoms with van der Waals surface area (Å²) in [6, 6.07) is 0.00836. The summed E-state index contributed by atoms with van der Waals surface area (Å²) in [5, 5.41) is 12.7. The summed E-state index contributed by atoms with van der Waals surface area (Å²) >= 11 is 0. The van der Waals surface area contributed by atoms with Crippen molar-refractivity contribution in [3.05, 3.63) is 22.1 Å². The van der Waals surface area contributed by atoms with Gasteiger partial charge in [0.25, 0.3) is 11.5 Å². The Hall–Kier alpha value is -3.17. The Kier molecular flexibility index (Phi) is 5.15. The average molecular weight is 364 g/mol. The summed E-state index contributed by atoms with van der Waals surface area (Å²) in [4.78, 5) is 44.3. The van der Waals surface area contributed by atoms with Crippen molar-refractivity contribution in [2.45, 2.75) is 26.4 Å². The molecule has 2 aromatic heterocycles. The second kappa shape index (κ2) is 6.98. The highest BCUT2D eigenvalue weighted by Crippen LogP contribution is 2.25. The van der Waals surface area contributed by atoms with Crippen LogP contribution < -0.4 is 15.6 Å². The number of rotatable bonds is 4. The lowest BCUT2D eigenvalue weighted by Crippen LogP contribution is -2.37. The van der Waals surface area contributed by atoms with Crippen LogP contribution in [0.4, 0.5) is 0 Å². The maximum absolute atomic E-state index is 12.4. The van der Waals surface area contributed by atoms with E-state index in [0.29, 0.717) is 0 Å². The van der Waals surface area contributed by atoms with Gasteiger partial charge in [0.1, 0.15) is 23.5 Å². The quantitative estimate of drug-likeness (QED) is 0.731. The molecule has 0 aromatic carbocycles. The number of aromatic nitrogens is 3. The molecule has 0 aliphatic heterocycles. The number of fused-ring (bicyclic) bond motifs is 1. The molecule has 0 aliphatic rings. The van der Waals surface area contributed by atoms with E-state index in [1.807, 2.05) is 0 Å². The fraction of sp³-hybridized carbons (Fsp3) is 0.438. The SMILES string of the molecule is COc1ncc2c(O)c(C(=O)NCC(=O)OC(C)(C)C)c(=O)n(C)c2n1. The van der Waals surface area contributed by atoms with Crippen LogP contribution >= 0.6 is 0 Å². The number of pyridine rings is 1. The molecule has 0 unspecified atom stereocenters. The van der Waals surface area contributed by atoms with Gasteiger partial charge >= 0.3 is 12.0 Å². The van der Waals surface area contributed by atoms with Gasteiger partial charge in [-0.15, -0.1) is 0 Å². The van der Waals surface area contributed by atoms with Crippen molar-refractivity contribution in [1.82, 2.24) is 19.9 Å². The Balaban J connectivity index is 2.36. The first-order valence-corrected chi connectivity index (χ1v) is 7.68. The number of carbonyl (C=O) groups is 2. The van der Waals surface area contributed by atoms with E-state index >= 15 is 0 Å². The van der Waals surface area contributed by atoms with Crippen LogP contribution in [0.3, 0.4) is 0 Å². The Bertz CT molecular complexity index is 929. The topological polar surface area (TPSA) is 133 Å². The van der Waals surface area contributed by atoms with E-state index in [0.717, 1.165) is 4.57 Å².